The zero-order valence-electron chi connectivity index (χ0n) is 15.3. The molecule has 0 radical (unpaired) electrons. The van der Waals surface area contributed by atoms with E-state index in [4.69, 9.17) is 16.3 Å². The number of carbonyl (C=O) groups excluding carboxylic acids is 1. The molecule has 2 heterocycles. The first-order valence-corrected chi connectivity index (χ1v) is 10.9. The molecule has 0 aliphatic carbocycles. The van der Waals surface area contributed by atoms with Crippen molar-refractivity contribution in [1.29, 1.82) is 0 Å². The lowest BCUT2D eigenvalue weighted by molar-refractivity contribution is -0.113. The van der Waals surface area contributed by atoms with Gasteiger partial charge in [-0.3, -0.25) is 9.36 Å². The highest BCUT2D eigenvalue weighted by molar-refractivity contribution is 7.99. The van der Waals surface area contributed by atoms with Crippen molar-refractivity contribution in [2.45, 2.75) is 12.1 Å². The molecular weight excluding hydrogens is 430 g/mol. The van der Waals surface area contributed by atoms with Gasteiger partial charge in [-0.15, -0.1) is 10.2 Å². The Bertz CT molecular complexity index is 1160. The van der Waals surface area contributed by atoms with E-state index in [1.807, 2.05) is 43.3 Å². The number of rotatable bonds is 7. The minimum absolute atomic E-state index is 0.167. The number of thioether (sulfide) groups is 1. The van der Waals surface area contributed by atoms with E-state index in [2.05, 4.69) is 20.5 Å². The second-order valence-electron chi connectivity index (χ2n) is 5.88. The molecular formula is C19H16ClN5O2S2. The molecule has 7 nitrogen and oxygen atoms in total. The molecule has 0 fully saturated rings. The molecule has 1 N–H and O–H groups in total. The lowest BCUT2D eigenvalue weighted by atomic mass is 10.3. The third-order valence-corrected chi connectivity index (χ3v) is 5.96. The van der Waals surface area contributed by atoms with Crippen LogP contribution in [0.15, 0.2) is 53.9 Å². The van der Waals surface area contributed by atoms with Crippen LogP contribution in [0.4, 0.5) is 5.13 Å². The van der Waals surface area contributed by atoms with E-state index in [1.54, 1.807) is 17.0 Å². The number of amides is 1. The molecule has 4 aromatic rings. The SMILES string of the molecule is CCOc1ccc2nc(NC(=O)CSc3nncn3-c3cccc(Cl)c3)sc2c1. The summed E-state index contributed by atoms with van der Waals surface area (Å²) in [6, 6.07) is 13.0. The average Bonchev–Trinajstić information content (AvgIpc) is 3.32. The predicted molar refractivity (Wildman–Crippen MR) is 117 cm³/mol. The van der Waals surface area contributed by atoms with Crippen LogP contribution in [0.2, 0.25) is 5.02 Å². The molecule has 0 spiro atoms. The molecule has 0 aliphatic rings. The minimum atomic E-state index is -0.167. The fourth-order valence-corrected chi connectivity index (χ4v) is 4.45. The van der Waals surface area contributed by atoms with Gasteiger partial charge in [0.05, 0.1) is 28.3 Å². The van der Waals surface area contributed by atoms with Gasteiger partial charge in [-0.2, -0.15) is 0 Å². The molecule has 10 heteroatoms. The van der Waals surface area contributed by atoms with Crippen LogP contribution in [-0.2, 0) is 4.79 Å². The van der Waals surface area contributed by atoms with Gasteiger partial charge in [0.25, 0.3) is 0 Å². The molecule has 2 aromatic carbocycles. The Balaban J connectivity index is 1.41. The van der Waals surface area contributed by atoms with Crippen molar-refractivity contribution < 1.29 is 9.53 Å². The Labute approximate surface area is 180 Å². The summed E-state index contributed by atoms with van der Waals surface area (Å²) in [5.41, 5.74) is 1.66. The highest BCUT2D eigenvalue weighted by Gasteiger charge is 2.13. The third kappa shape index (κ3) is 4.69. The number of hydrogen-bond acceptors (Lipinski definition) is 7. The van der Waals surface area contributed by atoms with Gasteiger partial charge in [0.2, 0.25) is 5.91 Å². The summed E-state index contributed by atoms with van der Waals surface area (Å²) in [4.78, 5) is 16.8. The van der Waals surface area contributed by atoms with E-state index in [9.17, 15) is 4.79 Å². The van der Waals surface area contributed by atoms with Gasteiger partial charge in [-0.25, -0.2) is 4.98 Å². The standard InChI is InChI=1S/C19H16ClN5O2S2/c1-2-27-14-6-7-15-16(9-14)29-18(22-15)23-17(26)10-28-19-24-21-11-25(19)13-5-3-4-12(20)8-13/h3-9,11H,2,10H2,1H3,(H,22,23,26). The number of benzene rings is 2. The Morgan fingerprint density at radius 2 is 2.21 bits per heavy atom. The second-order valence-corrected chi connectivity index (χ2v) is 8.29. The number of aromatic nitrogens is 4. The summed E-state index contributed by atoms with van der Waals surface area (Å²) in [5.74, 6) is 0.802. The summed E-state index contributed by atoms with van der Waals surface area (Å²) in [6.07, 6.45) is 1.59. The van der Waals surface area contributed by atoms with Crippen LogP contribution in [0.25, 0.3) is 15.9 Å². The summed E-state index contributed by atoms with van der Waals surface area (Å²) in [7, 11) is 0. The van der Waals surface area contributed by atoms with E-state index in [1.165, 1.54) is 23.1 Å². The van der Waals surface area contributed by atoms with Crippen molar-refractivity contribution in [2.75, 3.05) is 17.7 Å². The van der Waals surface area contributed by atoms with E-state index in [-0.39, 0.29) is 11.7 Å². The van der Waals surface area contributed by atoms with Crippen molar-refractivity contribution in [3.8, 4) is 11.4 Å². The Morgan fingerprint density at radius 3 is 3.03 bits per heavy atom. The molecule has 29 heavy (non-hydrogen) atoms. The van der Waals surface area contributed by atoms with Gasteiger partial charge in [-0.05, 0) is 43.3 Å². The number of ether oxygens (including phenoxy) is 1. The number of fused-ring (bicyclic) bond motifs is 1. The molecule has 0 aliphatic heterocycles. The van der Waals surface area contributed by atoms with Crippen LogP contribution in [0.5, 0.6) is 5.75 Å². The quantitative estimate of drug-likeness (QED) is 0.416. The number of halogens is 1. The van der Waals surface area contributed by atoms with Crippen molar-refractivity contribution >= 4 is 56.0 Å². The van der Waals surface area contributed by atoms with Crippen LogP contribution in [0.1, 0.15) is 6.92 Å². The van der Waals surface area contributed by atoms with Crippen molar-refractivity contribution in [2.24, 2.45) is 0 Å². The highest BCUT2D eigenvalue weighted by atomic mass is 35.5. The van der Waals surface area contributed by atoms with Gasteiger partial charge in [0.15, 0.2) is 10.3 Å². The van der Waals surface area contributed by atoms with Gasteiger partial charge < -0.3 is 10.1 Å². The lowest BCUT2D eigenvalue weighted by Gasteiger charge is -2.06. The number of hydrogen-bond donors (Lipinski definition) is 1. The van der Waals surface area contributed by atoms with E-state index in [0.29, 0.717) is 21.9 Å². The molecule has 0 atom stereocenters. The van der Waals surface area contributed by atoms with E-state index < -0.39 is 0 Å². The zero-order chi connectivity index (χ0) is 20.2. The molecule has 1 amide bonds. The summed E-state index contributed by atoms with van der Waals surface area (Å²) in [6.45, 7) is 2.54. The summed E-state index contributed by atoms with van der Waals surface area (Å²) in [5, 5.41) is 12.6. The molecule has 0 saturated heterocycles. The zero-order valence-corrected chi connectivity index (χ0v) is 17.7. The summed E-state index contributed by atoms with van der Waals surface area (Å²) >= 11 is 8.75. The fraction of sp³-hybridized carbons (Fsp3) is 0.158. The first kappa shape index (κ1) is 19.7. The first-order chi connectivity index (χ1) is 14.1. The molecule has 0 bridgehead atoms. The maximum absolute atomic E-state index is 12.4. The monoisotopic (exact) mass is 445 g/mol. The number of carbonyl (C=O) groups is 1. The molecule has 0 saturated carbocycles. The first-order valence-electron chi connectivity index (χ1n) is 8.74. The van der Waals surface area contributed by atoms with Crippen molar-refractivity contribution in [3.05, 3.63) is 53.8 Å². The molecule has 2 aromatic heterocycles. The number of thiazole rings is 1. The largest absolute Gasteiger partial charge is 0.494 e. The van der Waals surface area contributed by atoms with Crippen LogP contribution in [0, 0.1) is 0 Å². The second kappa shape index (κ2) is 8.81. The maximum Gasteiger partial charge on any atom is 0.236 e. The van der Waals surface area contributed by atoms with E-state index >= 15 is 0 Å². The normalized spacial score (nSPS) is 11.0. The van der Waals surface area contributed by atoms with Gasteiger partial charge in [0.1, 0.15) is 12.1 Å². The van der Waals surface area contributed by atoms with Crippen LogP contribution < -0.4 is 10.1 Å². The maximum atomic E-state index is 12.4. The highest BCUT2D eigenvalue weighted by Crippen LogP contribution is 2.29. The van der Waals surface area contributed by atoms with Crippen molar-refractivity contribution in [1.82, 2.24) is 19.7 Å². The minimum Gasteiger partial charge on any atom is -0.494 e. The number of anilines is 1. The van der Waals surface area contributed by atoms with E-state index in [0.717, 1.165) is 21.7 Å². The van der Waals surface area contributed by atoms with Crippen LogP contribution in [0.3, 0.4) is 0 Å². The van der Waals surface area contributed by atoms with Crippen LogP contribution in [-0.4, -0.2) is 38.0 Å². The Kier molecular flexibility index (Phi) is 5.98. The fourth-order valence-electron chi connectivity index (χ4n) is 2.63. The van der Waals surface area contributed by atoms with Gasteiger partial charge in [0, 0.05) is 5.02 Å². The topological polar surface area (TPSA) is 81.9 Å². The Hall–Kier alpha value is -2.62. The average molecular weight is 446 g/mol. The molecule has 4 rings (SSSR count). The summed E-state index contributed by atoms with van der Waals surface area (Å²) < 4.78 is 8.25. The smallest absolute Gasteiger partial charge is 0.236 e. The van der Waals surface area contributed by atoms with Crippen molar-refractivity contribution in [3.63, 3.8) is 0 Å². The Morgan fingerprint density at radius 1 is 1.31 bits per heavy atom. The number of nitrogens with zero attached hydrogens (tertiary/aromatic N) is 4. The molecule has 148 valence electrons. The molecule has 0 unspecified atom stereocenters. The number of nitrogens with one attached hydrogen (secondary N) is 1. The van der Waals surface area contributed by atoms with Crippen LogP contribution >= 0.6 is 34.7 Å². The lowest BCUT2D eigenvalue weighted by Crippen LogP contribution is -2.14. The third-order valence-electron chi connectivity index (χ3n) is 3.85. The van der Waals surface area contributed by atoms with Gasteiger partial charge >= 0.3 is 0 Å². The predicted octanol–water partition coefficient (Wildman–Crippen LogP) is 4.66. The van der Waals surface area contributed by atoms with Gasteiger partial charge in [-0.1, -0.05) is 40.8 Å².